The van der Waals surface area contributed by atoms with Crippen molar-refractivity contribution >= 4 is 5.91 Å². The number of hydrogen-bond acceptors (Lipinski definition) is 3. The Bertz CT molecular complexity index is 289. The van der Waals surface area contributed by atoms with Gasteiger partial charge in [-0.3, -0.25) is 9.69 Å². The van der Waals surface area contributed by atoms with Crippen molar-refractivity contribution < 1.29 is 4.79 Å². The summed E-state index contributed by atoms with van der Waals surface area (Å²) >= 11 is 0. The van der Waals surface area contributed by atoms with Crippen LogP contribution in [0.1, 0.15) is 46.0 Å². The maximum Gasteiger partial charge on any atom is 0.234 e. The van der Waals surface area contributed by atoms with Crippen LogP contribution >= 0.6 is 0 Å². The summed E-state index contributed by atoms with van der Waals surface area (Å²) in [5.74, 6) is 0.996. The molecule has 4 nitrogen and oxygen atoms in total. The van der Waals surface area contributed by atoms with E-state index in [0.717, 1.165) is 32.0 Å². The number of likely N-dealkylation sites (tertiary alicyclic amines) is 1. The van der Waals surface area contributed by atoms with Gasteiger partial charge in [-0.15, -0.1) is 0 Å². The van der Waals surface area contributed by atoms with Crippen molar-refractivity contribution in [3.8, 4) is 0 Å². The molecule has 2 atom stereocenters. The highest BCUT2D eigenvalue weighted by Gasteiger charge is 2.33. The quantitative estimate of drug-likeness (QED) is 0.790. The van der Waals surface area contributed by atoms with Crippen LogP contribution in [0.5, 0.6) is 0 Å². The van der Waals surface area contributed by atoms with Crippen molar-refractivity contribution in [2.24, 2.45) is 5.92 Å². The second-order valence-electron chi connectivity index (χ2n) is 6.14. The van der Waals surface area contributed by atoms with E-state index >= 15 is 0 Å². The number of carbonyl (C=O) groups is 1. The van der Waals surface area contributed by atoms with E-state index < -0.39 is 0 Å². The Kier molecular flexibility index (Phi) is 5.64. The number of rotatable bonds is 5. The van der Waals surface area contributed by atoms with E-state index in [9.17, 15) is 4.79 Å². The molecule has 0 aliphatic carbocycles. The molecular weight excluding hydrogens is 238 g/mol. The first-order chi connectivity index (χ1) is 9.20. The standard InChI is InChI=1S/C15H29N3O/c1-3-12(2)17-15(19)11-18-10-4-5-14(18)13-6-8-16-9-7-13/h12-14,16H,3-11H2,1-2H3,(H,17,19). The van der Waals surface area contributed by atoms with Gasteiger partial charge in [0.25, 0.3) is 0 Å². The van der Waals surface area contributed by atoms with Gasteiger partial charge in [-0.25, -0.2) is 0 Å². The molecule has 2 fully saturated rings. The monoisotopic (exact) mass is 267 g/mol. The molecule has 2 unspecified atom stereocenters. The molecule has 4 heteroatoms. The summed E-state index contributed by atoms with van der Waals surface area (Å²) < 4.78 is 0. The van der Waals surface area contributed by atoms with Crippen molar-refractivity contribution in [1.82, 2.24) is 15.5 Å². The van der Waals surface area contributed by atoms with Crippen molar-refractivity contribution in [1.29, 1.82) is 0 Å². The van der Waals surface area contributed by atoms with E-state index in [4.69, 9.17) is 0 Å². The molecule has 0 radical (unpaired) electrons. The zero-order chi connectivity index (χ0) is 13.7. The molecule has 2 aliphatic rings. The number of amides is 1. The van der Waals surface area contributed by atoms with E-state index in [-0.39, 0.29) is 5.91 Å². The van der Waals surface area contributed by atoms with Gasteiger partial charge in [0.15, 0.2) is 0 Å². The molecule has 2 heterocycles. The summed E-state index contributed by atoms with van der Waals surface area (Å²) in [4.78, 5) is 14.5. The first-order valence-electron chi connectivity index (χ1n) is 7.94. The number of nitrogens with zero attached hydrogens (tertiary/aromatic N) is 1. The predicted molar refractivity (Wildman–Crippen MR) is 78.1 cm³/mol. The molecule has 0 bridgehead atoms. The average molecular weight is 267 g/mol. The highest BCUT2D eigenvalue weighted by molar-refractivity contribution is 5.78. The highest BCUT2D eigenvalue weighted by atomic mass is 16.2. The molecule has 0 aromatic heterocycles. The summed E-state index contributed by atoms with van der Waals surface area (Å²) in [5, 5.41) is 6.52. The fourth-order valence-electron chi connectivity index (χ4n) is 3.42. The van der Waals surface area contributed by atoms with E-state index in [1.54, 1.807) is 0 Å². The number of carbonyl (C=O) groups excluding carboxylic acids is 1. The van der Waals surface area contributed by atoms with Gasteiger partial charge < -0.3 is 10.6 Å². The van der Waals surface area contributed by atoms with Crippen LogP contribution in [0.15, 0.2) is 0 Å². The molecule has 110 valence electrons. The molecule has 0 aromatic rings. The summed E-state index contributed by atoms with van der Waals surface area (Å²) in [6.07, 6.45) is 6.08. The number of piperidine rings is 1. The largest absolute Gasteiger partial charge is 0.353 e. The van der Waals surface area contributed by atoms with Crippen LogP contribution in [0.25, 0.3) is 0 Å². The second kappa shape index (κ2) is 7.25. The first kappa shape index (κ1) is 14.8. The SMILES string of the molecule is CCC(C)NC(=O)CN1CCCC1C1CCNCC1. The minimum Gasteiger partial charge on any atom is -0.353 e. The van der Waals surface area contributed by atoms with Crippen LogP contribution in [0.4, 0.5) is 0 Å². The van der Waals surface area contributed by atoms with Gasteiger partial charge in [0.05, 0.1) is 6.54 Å². The second-order valence-corrected chi connectivity index (χ2v) is 6.14. The molecule has 2 aliphatic heterocycles. The Morgan fingerprint density at radius 2 is 2.11 bits per heavy atom. The van der Waals surface area contributed by atoms with E-state index in [0.29, 0.717) is 18.6 Å². The number of hydrogen-bond donors (Lipinski definition) is 2. The third-order valence-electron chi connectivity index (χ3n) is 4.71. The Balaban J connectivity index is 1.82. The van der Waals surface area contributed by atoms with Crippen LogP contribution in [-0.2, 0) is 4.79 Å². The summed E-state index contributed by atoms with van der Waals surface area (Å²) in [5.41, 5.74) is 0. The maximum absolute atomic E-state index is 12.0. The fourth-order valence-corrected chi connectivity index (χ4v) is 3.42. The zero-order valence-corrected chi connectivity index (χ0v) is 12.5. The normalized spacial score (nSPS) is 27.4. The third kappa shape index (κ3) is 4.18. The Morgan fingerprint density at radius 3 is 2.79 bits per heavy atom. The molecule has 2 saturated heterocycles. The summed E-state index contributed by atoms with van der Waals surface area (Å²) in [6, 6.07) is 0.942. The van der Waals surface area contributed by atoms with Crippen LogP contribution in [0, 0.1) is 5.92 Å². The van der Waals surface area contributed by atoms with Gasteiger partial charge in [-0.05, 0) is 64.6 Å². The predicted octanol–water partition coefficient (Wildman–Crippen LogP) is 1.37. The Morgan fingerprint density at radius 1 is 1.37 bits per heavy atom. The lowest BCUT2D eigenvalue weighted by Crippen LogP contribution is -2.46. The molecule has 0 aromatic carbocycles. The lowest BCUT2D eigenvalue weighted by Gasteiger charge is -2.34. The molecule has 2 rings (SSSR count). The van der Waals surface area contributed by atoms with Gasteiger partial charge in [-0.1, -0.05) is 6.92 Å². The zero-order valence-electron chi connectivity index (χ0n) is 12.5. The molecule has 0 saturated carbocycles. The average Bonchev–Trinajstić information content (AvgIpc) is 2.87. The molecule has 1 amide bonds. The van der Waals surface area contributed by atoms with Crippen LogP contribution in [0.3, 0.4) is 0 Å². The number of nitrogens with one attached hydrogen (secondary N) is 2. The molecular formula is C15H29N3O. The van der Waals surface area contributed by atoms with Crippen molar-refractivity contribution in [2.45, 2.75) is 58.0 Å². The Hall–Kier alpha value is -0.610. The smallest absolute Gasteiger partial charge is 0.234 e. The fraction of sp³-hybridized carbons (Fsp3) is 0.933. The van der Waals surface area contributed by atoms with Crippen molar-refractivity contribution in [2.75, 3.05) is 26.2 Å². The van der Waals surface area contributed by atoms with Gasteiger partial charge >= 0.3 is 0 Å². The minimum absolute atomic E-state index is 0.204. The van der Waals surface area contributed by atoms with Crippen molar-refractivity contribution in [3.63, 3.8) is 0 Å². The lowest BCUT2D eigenvalue weighted by molar-refractivity contribution is -0.123. The van der Waals surface area contributed by atoms with Gasteiger partial charge in [0.2, 0.25) is 5.91 Å². The molecule has 2 N–H and O–H groups in total. The first-order valence-corrected chi connectivity index (χ1v) is 7.94. The van der Waals surface area contributed by atoms with Crippen LogP contribution in [-0.4, -0.2) is 49.1 Å². The van der Waals surface area contributed by atoms with E-state index in [1.807, 2.05) is 0 Å². The van der Waals surface area contributed by atoms with E-state index in [1.165, 1.54) is 25.7 Å². The van der Waals surface area contributed by atoms with E-state index in [2.05, 4.69) is 29.4 Å². The van der Waals surface area contributed by atoms with Crippen molar-refractivity contribution in [3.05, 3.63) is 0 Å². The topological polar surface area (TPSA) is 44.4 Å². The van der Waals surface area contributed by atoms with Gasteiger partial charge in [0, 0.05) is 12.1 Å². The highest BCUT2D eigenvalue weighted by Crippen LogP contribution is 2.29. The lowest BCUT2D eigenvalue weighted by atomic mass is 9.89. The van der Waals surface area contributed by atoms with Gasteiger partial charge in [0.1, 0.15) is 0 Å². The van der Waals surface area contributed by atoms with Crippen LogP contribution in [0.2, 0.25) is 0 Å². The third-order valence-corrected chi connectivity index (χ3v) is 4.71. The summed E-state index contributed by atoms with van der Waals surface area (Å²) in [6.45, 7) is 8.18. The molecule has 19 heavy (non-hydrogen) atoms. The van der Waals surface area contributed by atoms with Crippen LogP contribution < -0.4 is 10.6 Å². The minimum atomic E-state index is 0.204. The van der Waals surface area contributed by atoms with Gasteiger partial charge in [-0.2, -0.15) is 0 Å². The summed E-state index contributed by atoms with van der Waals surface area (Å²) in [7, 11) is 0. The molecule has 0 spiro atoms. The maximum atomic E-state index is 12.0. The Labute approximate surface area is 117 Å².